The van der Waals surface area contributed by atoms with Crippen molar-refractivity contribution >= 4 is 5.57 Å². The Morgan fingerprint density at radius 1 is 0.920 bits per heavy atom. The number of benzene rings is 2. The van der Waals surface area contributed by atoms with Gasteiger partial charge in [0, 0.05) is 5.56 Å². The quantitative estimate of drug-likeness (QED) is 0.531. The summed E-state index contributed by atoms with van der Waals surface area (Å²) in [6, 6.07) is 9.20. The second-order valence-electron chi connectivity index (χ2n) is 6.95. The molecule has 0 heterocycles. The standard InChI is InChI=1S/C23H26F2/c1-3-5-6-7-16-8-11-21(23(25)12-16)19-10-9-18-13-17(4-2)22(24)15-20(18)14-19/h8,10-13,15H,3-7,9,14H2,1-2H3. The molecule has 0 spiro atoms. The molecule has 0 amide bonds. The Morgan fingerprint density at radius 2 is 1.76 bits per heavy atom. The van der Waals surface area contributed by atoms with E-state index in [1.807, 2.05) is 25.1 Å². The lowest BCUT2D eigenvalue weighted by molar-refractivity contribution is 0.609. The zero-order valence-electron chi connectivity index (χ0n) is 15.2. The minimum absolute atomic E-state index is 0.144. The van der Waals surface area contributed by atoms with E-state index in [0.29, 0.717) is 18.4 Å². The molecule has 2 aromatic rings. The van der Waals surface area contributed by atoms with Crippen LogP contribution >= 0.6 is 0 Å². The van der Waals surface area contributed by atoms with Crippen LogP contribution in [-0.4, -0.2) is 0 Å². The maximum atomic E-state index is 14.6. The molecule has 2 heteroatoms. The lowest BCUT2D eigenvalue weighted by atomic mass is 9.86. The van der Waals surface area contributed by atoms with Crippen LogP contribution in [0.5, 0.6) is 0 Å². The molecule has 3 rings (SSSR count). The molecular formula is C23H26F2. The minimum atomic E-state index is -0.158. The summed E-state index contributed by atoms with van der Waals surface area (Å²) in [6.07, 6.45) is 8.51. The molecule has 0 unspecified atom stereocenters. The number of fused-ring (bicyclic) bond motifs is 1. The Morgan fingerprint density at radius 3 is 2.48 bits per heavy atom. The zero-order valence-corrected chi connectivity index (χ0v) is 15.2. The Labute approximate surface area is 149 Å². The first-order valence-electron chi connectivity index (χ1n) is 9.40. The van der Waals surface area contributed by atoms with Gasteiger partial charge in [0.1, 0.15) is 11.6 Å². The molecule has 1 aliphatic carbocycles. The summed E-state index contributed by atoms with van der Waals surface area (Å²) in [4.78, 5) is 0. The predicted octanol–water partition coefficient (Wildman–Crippen LogP) is 6.44. The topological polar surface area (TPSA) is 0 Å². The van der Waals surface area contributed by atoms with Crippen molar-refractivity contribution in [3.05, 3.63) is 75.9 Å². The van der Waals surface area contributed by atoms with Gasteiger partial charge in [-0.3, -0.25) is 0 Å². The van der Waals surface area contributed by atoms with E-state index in [-0.39, 0.29) is 11.6 Å². The van der Waals surface area contributed by atoms with Gasteiger partial charge in [0.25, 0.3) is 0 Å². The van der Waals surface area contributed by atoms with Crippen LogP contribution in [0, 0.1) is 11.6 Å². The molecule has 0 aliphatic heterocycles. The highest BCUT2D eigenvalue weighted by molar-refractivity contribution is 5.71. The molecule has 1 aliphatic rings. The second-order valence-corrected chi connectivity index (χ2v) is 6.95. The molecule has 0 nitrogen and oxygen atoms in total. The number of hydrogen-bond acceptors (Lipinski definition) is 0. The third kappa shape index (κ3) is 4.00. The van der Waals surface area contributed by atoms with Gasteiger partial charge < -0.3 is 0 Å². The SMILES string of the molecule is CCCCCc1ccc(C2=CCc3cc(CC)c(F)cc3C2)c(F)c1. The van der Waals surface area contributed by atoms with Crippen LogP contribution in [-0.2, 0) is 25.7 Å². The van der Waals surface area contributed by atoms with Crippen LogP contribution in [0.4, 0.5) is 8.78 Å². The van der Waals surface area contributed by atoms with Crippen LogP contribution in [0.2, 0.25) is 0 Å². The van der Waals surface area contributed by atoms with E-state index in [4.69, 9.17) is 0 Å². The van der Waals surface area contributed by atoms with Crippen LogP contribution in [0.3, 0.4) is 0 Å². The van der Waals surface area contributed by atoms with Gasteiger partial charge >= 0.3 is 0 Å². The smallest absolute Gasteiger partial charge is 0.130 e. The number of unbranched alkanes of at least 4 members (excludes halogenated alkanes) is 2. The molecule has 2 aromatic carbocycles. The monoisotopic (exact) mass is 340 g/mol. The summed E-state index contributed by atoms with van der Waals surface area (Å²) in [6.45, 7) is 4.13. The Bertz CT molecular complexity index is 787. The van der Waals surface area contributed by atoms with E-state index in [1.165, 1.54) is 18.4 Å². The summed E-state index contributed by atoms with van der Waals surface area (Å²) < 4.78 is 28.7. The molecule has 0 aromatic heterocycles. The van der Waals surface area contributed by atoms with Gasteiger partial charge in [0.15, 0.2) is 0 Å². The Balaban J connectivity index is 1.80. The fourth-order valence-electron chi connectivity index (χ4n) is 3.61. The lowest BCUT2D eigenvalue weighted by Crippen LogP contribution is -2.06. The first kappa shape index (κ1) is 17.8. The third-order valence-corrected chi connectivity index (χ3v) is 5.15. The molecule has 0 saturated heterocycles. The molecule has 0 atom stereocenters. The van der Waals surface area contributed by atoms with Gasteiger partial charge in [-0.05, 0) is 72.1 Å². The average molecular weight is 340 g/mol. The van der Waals surface area contributed by atoms with E-state index >= 15 is 0 Å². The fraction of sp³-hybridized carbons (Fsp3) is 0.391. The van der Waals surface area contributed by atoms with Crippen LogP contribution in [0.15, 0.2) is 36.4 Å². The normalized spacial score (nSPS) is 13.5. The number of halogens is 2. The predicted molar refractivity (Wildman–Crippen MR) is 101 cm³/mol. The van der Waals surface area contributed by atoms with Crippen molar-refractivity contribution in [1.82, 2.24) is 0 Å². The van der Waals surface area contributed by atoms with E-state index in [2.05, 4.69) is 13.0 Å². The molecule has 0 N–H and O–H groups in total. The highest BCUT2D eigenvalue weighted by Gasteiger charge is 2.17. The van der Waals surface area contributed by atoms with E-state index in [0.717, 1.165) is 41.5 Å². The number of allylic oxidation sites excluding steroid dienone is 2. The fourth-order valence-corrected chi connectivity index (χ4v) is 3.61. The van der Waals surface area contributed by atoms with Gasteiger partial charge in [0.05, 0.1) is 0 Å². The highest BCUT2D eigenvalue weighted by atomic mass is 19.1. The lowest BCUT2D eigenvalue weighted by Gasteiger charge is -2.19. The Hall–Kier alpha value is -1.96. The molecule has 0 fully saturated rings. The van der Waals surface area contributed by atoms with Gasteiger partial charge in [-0.15, -0.1) is 0 Å². The summed E-state index contributed by atoms with van der Waals surface area (Å²) in [7, 11) is 0. The number of aryl methyl sites for hydroxylation is 2. The van der Waals surface area contributed by atoms with Crippen LogP contribution in [0.25, 0.3) is 5.57 Å². The van der Waals surface area contributed by atoms with Gasteiger partial charge in [0.2, 0.25) is 0 Å². The number of rotatable bonds is 6. The zero-order chi connectivity index (χ0) is 17.8. The summed E-state index contributed by atoms with van der Waals surface area (Å²) in [5.41, 5.74) is 5.60. The average Bonchev–Trinajstić information content (AvgIpc) is 2.61. The van der Waals surface area contributed by atoms with Crippen molar-refractivity contribution in [2.75, 3.05) is 0 Å². The van der Waals surface area contributed by atoms with Crippen molar-refractivity contribution in [2.45, 2.75) is 58.8 Å². The summed E-state index contributed by atoms with van der Waals surface area (Å²) in [5.74, 6) is -0.302. The van der Waals surface area contributed by atoms with Crippen LogP contribution in [0.1, 0.15) is 60.9 Å². The minimum Gasteiger partial charge on any atom is -0.207 e. The molecule has 132 valence electrons. The second kappa shape index (κ2) is 7.95. The van der Waals surface area contributed by atoms with Crippen molar-refractivity contribution in [3.8, 4) is 0 Å². The molecular weight excluding hydrogens is 314 g/mol. The maximum Gasteiger partial charge on any atom is 0.130 e. The molecule has 0 saturated carbocycles. The van der Waals surface area contributed by atoms with E-state index < -0.39 is 0 Å². The first-order valence-corrected chi connectivity index (χ1v) is 9.40. The van der Waals surface area contributed by atoms with Gasteiger partial charge in [-0.25, -0.2) is 8.78 Å². The summed E-state index contributed by atoms with van der Waals surface area (Å²) >= 11 is 0. The van der Waals surface area contributed by atoms with Crippen LogP contribution < -0.4 is 0 Å². The molecule has 25 heavy (non-hydrogen) atoms. The van der Waals surface area contributed by atoms with Gasteiger partial charge in [-0.1, -0.05) is 51.0 Å². The van der Waals surface area contributed by atoms with E-state index in [9.17, 15) is 8.78 Å². The van der Waals surface area contributed by atoms with Crippen molar-refractivity contribution in [3.63, 3.8) is 0 Å². The van der Waals surface area contributed by atoms with Crippen molar-refractivity contribution in [1.29, 1.82) is 0 Å². The third-order valence-electron chi connectivity index (χ3n) is 5.15. The van der Waals surface area contributed by atoms with E-state index in [1.54, 1.807) is 12.1 Å². The number of hydrogen-bond donors (Lipinski definition) is 0. The largest absolute Gasteiger partial charge is 0.207 e. The summed E-state index contributed by atoms with van der Waals surface area (Å²) in [5, 5.41) is 0. The highest BCUT2D eigenvalue weighted by Crippen LogP contribution is 2.31. The Kier molecular flexibility index (Phi) is 5.67. The van der Waals surface area contributed by atoms with Gasteiger partial charge in [-0.2, -0.15) is 0 Å². The van der Waals surface area contributed by atoms with Crippen molar-refractivity contribution in [2.24, 2.45) is 0 Å². The maximum absolute atomic E-state index is 14.6. The molecule has 0 radical (unpaired) electrons. The van der Waals surface area contributed by atoms with Crippen molar-refractivity contribution < 1.29 is 8.78 Å². The first-order chi connectivity index (χ1) is 12.1. The molecule has 0 bridgehead atoms.